The molecule has 6 nitrogen and oxygen atoms in total. The minimum absolute atomic E-state index is 0.0296. The summed E-state index contributed by atoms with van der Waals surface area (Å²) in [5.74, 6) is 0.757. The summed E-state index contributed by atoms with van der Waals surface area (Å²) in [7, 11) is -2.27. The molecule has 0 spiro atoms. The highest BCUT2D eigenvalue weighted by Gasteiger charge is 2.25. The van der Waals surface area contributed by atoms with Crippen LogP contribution in [-0.4, -0.2) is 35.9 Å². The zero-order valence-electron chi connectivity index (χ0n) is 16.0. The molecule has 0 unspecified atom stereocenters. The van der Waals surface area contributed by atoms with E-state index in [-0.39, 0.29) is 30.3 Å². The molecular weight excluding hydrogens is 393 g/mol. The molecule has 0 radical (unpaired) electrons. The Bertz CT molecular complexity index is 1080. The van der Waals surface area contributed by atoms with E-state index in [1.54, 1.807) is 47.3 Å². The van der Waals surface area contributed by atoms with Crippen molar-refractivity contribution in [1.29, 1.82) is 0 Å². The predicted molar refractivity (Wildman–Crippen MR) is 109 cm³/mol. The first-order chi connectivity index (χ1) is 14.0. The second kappa shape index (κ2) is 9.02. The maximum Gasteiger partial charge on any atom is 0.243 e. The molecule has 3 aromatic rings. The molecule has 0 N–H and O–H groups in total. The molecule has 0 saturated carbocycles. The molecule has 1 aromatic heterocycles. The van der Waals surface area contributed by atoms with Crippen LogP contribution in [0.25, 0.3) is 0 Å². The summed E-state index contributed by atoms with van der Waals surface area (Å²) >= 11 is 0. The normalized spacial score (nSPS) is 11.6. The number of ether oxygens (including phenoxy) is 1. The van der Waals surface area contributed by atoms with Gasteiger partial charge in [0.15, 0.2) is 0 Å². The van der Waals surface area contributed by atoms with Gasteiger partial charge in [0.25, 0.3) is 0 Å². The van der Waals surface area contributed by atoms with Crippen LogP contribution in [0.15, 0.2) is 78.5 Å². The minimum atomic E-state index is -3.78. The Hall–Kier alpha value is -2.97. The molecule has 0 aliphatic heterocycles. The lowest BCUT2D eigenvalue weighted by Gasteiger charge is -2.21. The third-order valence-electron chi connectivity index (χ3n) is 4.45. The molecule has 0 aliphatic rings. The highest BCUT2D eigenvalue weighted by atomic mass is 32.2. The first kappa shape index (κ1) is 20.8. The van der Waals surface area contributed by atoms with Crippen molar-refractivity contribution < 1.29 is 17.5 Å². The molecule has 0 saturated heterocycles. The first-order valence-electron chi connectivity index (χ1n) is 8.94. The molecular formula is C21H22FN3O3S. The van der Waals surface area contributed by atoms with Gasteiger partial charge in [0.1, 0.15) is 17.4 Å². The second-order valence-corrected chi connectivity index (χ2v) is 8.26. The topological polar surface area (TPSA) is 64.4 Å². The highest BCUT2D eigenvalue weighted by Crippen LogP contribution is 2.21. The summed E-state index contributed by atoms with van der Waals surface area (Å²) < 4.78 is 48.3. The summed E-state index contributed by atoms with van der Waals surface area (Å²) in [6.07, 6.45) is 4.79. The fourth-order valence-electron chi connectivity index (χ4n) is 2.89. The monoisotopic (exact) mass is 415 g/mol. The van der Waals surface area contributed by atoms with Crippen LogP contribution in [0.4, 0.5) is 4.39 Å². The molecule has 3 rings (SSSR count). The Balaban J connectivity index is 1.87. The number of halogens is 1. The molecule has 0 bridgehead atoms. The van der Waals surface area contributed by atoms with Gasteiger partial charge in [-0.3, -0.25) is 0 Å². The first-order valence-corrected chi connectivity index (χ1v) is 10.4. The zero-order chi connectivity index (χ0) is 20.9. The van der Waals surface area contributed by atoms with Crippen molar-refractivity contribution in [2.45, 2.75) is 18.0 Å². The van der Waals surface area contributed by atoms with Gasteiger partial charge in [-0.2, -0.15) is 4.31 Å². The molecule has 0 aliphatic carbocycles. The third kappa shape index (κ3) is 4.72. The summed E-state index contributed by atoms with van der Waals surface area (Å²) in [5, 5.41) is 0. The van der Waals surface area contributed by atoms with E-state index in [4.69, 9.17) is 4.74 Å². The highest BCUT2D eigenvalue weighted by molar-refractivity contribution is 7.89. The van der Waals surface area contributed by atoms with Gasteiger partial charge < -0.3 is 9.30 Å². The van der Waals surface area contributed by atoms with Crippen molar-refractivity contribution in [3.63, 3.8) is 0 Å². The molecule has 8 heteroatoms. The standard InChI is InChI=1S/C21H22FN3O3S/c1-3-13-25(29(26,27)19-10-8-18(28-2)9-11-19)16-21-23-12-14-24(21)15-17-6-4-5-7-20(17)22/h3-12,14H,1,13,15-16H2,2H3. The molecule has 0 fully saturated rings. The van der Waals surface area contributed by atoms with Crippen LogP contribution in [0.1, 0.15) is 11.4 Å². The number of methoxy groups -OCH3 is 1. The van der Waals surface area contributed by atoms with Gasteiger partial charge in [-0.1, -0.05) is 24.3 Å². The summed E-state index contributed by atoms with van der Waals surface area (Å²) in [6.45, 7) is 4.06. The summed E-state index contributed by atoms with van der Waals surface area (Å²) in [6, 6.07) is 12.6. The van der Waals surface area contributed by atoms with Crippen molar-refractivity contribution in [3.8, 4) is 5.75 Å². The van der Waals surface area contributed by atoms with Crippen molar-refractivity contribution in [3.05, 3.63) is 90.8 Å². The molecule has 152 valence electrons. The number of aromatic nitrogens is 2. The maximum absolute atomic E-state index is 14.0. The van der Waals surface area contributed by atoms with Crippen LogP contribution < -0.4 is 4.74 Å². The van der Waals surface area contributed by atoms with E-state index < -0.39 is 10.0 Å². The second-order valence-electron chi connectivity index (χ2n) is 6.32. The van der Waals surface area contributed by atoms with Gasteiger partial charge in [0.05, 0.1) is 25.1 Å². The molecule has 0 atom stereocenters. The molecule has 2 aromatic carbocycles. The number of rotatable bonds is 9. The van der Waals surface area contributed by atoms with Crippen LogP contribution in [-0.2, 0) is 23.1 Å². The van der Waals surface area contributed by atoms with Crippen LogP contribution in [0.3, 0.4) is 0 Å². The number of hydrogen-bond acceptors (Lipinski definition) is 4. The Labute approximate surface area is 169 Å². The molecule has 0 amide bonds. The van der Waals surface area contributed by atoms with E-state index in [1.807, 2.05) is 0 Å². The third-order valence-corrected chi connectivity index (χ3v) is 6.27. The lowest BCUT2D eigenvalue weighted by molar-refractivity contribution is 0.413. The lowest BCUT2D eigenvalue weighted by atomic mass is 10.2. The van der Waals surface area contributed by atoms with E-state index in [0.29, 0.717) is 17.1 Å². The average Bonchev–Trinajstić information content (AvgIpc) is 3.16. The Morgan fingerprint density at radius 3 is 2.59 bits per heavy atom. The molecule has 1 heterocycles. The number of imidazole rings is 1. The Morgan fingerprint density at radius 1 is 1.21 bits per heavy atom. The van der Waals surface area contributed by atoms with Gasteiger partial charge in [-0.05, 0) is 30.3 Å². The quantitative estimate of drug-likeness (QED) is 0.502. The van der Waals surface area contributed by atoms with E-state index >= 15 is 0 Å². The van der Waals surface area contributed by atoms with Gasteiger partial charge in [-0.15, -0.1) is 6.58 Å². The van der Waals surface area contributed by atoms with E-state index in [0.717, 1.165) is 0 Å². The SMILES string of the molecule is C=CCN(Cc1nccn1Cc1ccccc1F)S(=O)(=O)c1ccc(OC)cc1. The van der Waals surface area contributed by atoms with E-state index in [2.05, 4.69) is 11.6 Å². The molecule has 29 heavy (non-hydrogen) atoms. The lowest BCUT2D eigenvalue weighted by Crippen LogP contribution is -2.32. The van der Waals surface area contributed by atoms with Gasteiger partial charge >= 0.3 is 0 Å². The van der Waals surface area contributed by atoms with Crippen LogP contribution in [0, 0.1) is 5.82 Å². The van der Waals surface area contributed by atoms with Gasteiger partial charge in [-0.25, -0.2) is 17.8 Å². The van der Waals surface area contributed by atoms with Crippen LogP contribution >= 0.6 is 0 Å². The Morgan fingerprint density at radius 2 is 1.93 bits per heavy atom. The van der Waals surface area contributed by atoms with Crippen molar-refractivity contribution >= 4 is 10.0 Å². The average molecular weight is 415 g/mol. The van der Waals surface area contributed by atoms with Gasteiger partial charge in [0.2, 0.25) is 10.0 Å². The smallest absolute Gasteiger partial charge is 0.243 e. The van der Waals surface area contributed by atoms with Crippen molar-refractivity contribution in [1.82, 2.24) is 13.9 Å². The number of sulfonamides is 1. The number of hydrogen-bond donors (Lipinski definition) is 0. The van der Waals surface area contributed by atoms with Crippen LogP contribution in [0.5, 0.6) is 5.75 Å². The maximum atomic E-state index is 14.0. The number of nitrogens with zero attached hydrogens (tertiary/aromatic N) is 3. The number of benzene rings is 2. The fraction of sp³-hybridized carbons (Fsp3) is 0.190. The summed E-state index contributed by atoms with van der Waals surface area (Å²) in [4.78, 5) is 4.42. The largest absolute Gasteiger partial charge is 0.497 e. The predicted octanol–water partition coefficient (Wildman–Crippen LogP) is 3.46. The van der Waals surface area contributed by atoms with Crippen molar-refractivity contribution in [2.24, 2.45) is 0 Å². The Kier molecular flexibility index (Phi) is 6.46. The van der Waals surface area contributed by atoms with Gasteiger partial charge in [0, 0.05) is 24.5 Å². The zero-order valence-corrected chi connectivity index (χ0v) is 16.8. The van der Waals surface area contributed by atoms with E-state index in [1.165, 1.54) is 35.7 Å². The van der Waals surface area contributed by atoms with E-state index in [9.17, 15) is 12.8 Å². The van der Waals surface area contributed by atoms with Crippen molar-refractivity contribution in [2.75, 3.05) is 13.7 Å². The fourth-order valence-corrected chi connectivity index (χ4v) is 4.26. The minimum Gasteiger partial charge on any atom is -0.497 e. The van der Waals surface area contributed by atoms with Crippen LogP contribution in [0.2, 0.25) is 0 Å². The summed E-state index contributed by atoms with van der Waals surface area (Å²) in [5.41, 5.74) is 0.500.